The summed E-state index contributed by atoms with van der Waals surface area (Å²) in [4.78, 5) is 11.9. The Balaban J connectivity index is 2.57. The van der Waals surface area contributed by atoms with Crippen molar-refractivity contribution in [2.24, 2.45) is 0 Å². The first-order valence-electron chi connectivity index (χ1n) is 5.17. The average Bonchev–Trinajstić information content (AvgIpc) is 2.75. The van der Waals surface area contributed by atoms with Gasteiger partial charge < -0.3 is 10.2 Å². The van der Waals surface area contributed by atoms with Gasteiger partial charge in [0, 0.05) is 16.0 Å². The zero-order chi connectivity index (χ0) is 12.2. The fourth-order valence-electron chi connectivity index (χ4n) is 1.18. The maximum atomic E-state index is 10.7. The standard InChI is InChI=1S/C11H16O3S2/c1-3-11(14,4-2)7-16-8-5-9(10(12)13)15-6-8/h5-6,14H,3-4,7H2,1-2H3,(H,12,13). The van der Waals surface area contributed by atoms with Gasteiger partial charge in [-0.15, -0.1) is 23.1 Å². The third-order valence-electron chi connectivity index (χ3n) is 2.61. The van der Waals surface area contributed by atoms with Gasteiger partial charge in [-0.1, -0.05) is 13.8 Å². The second-order valence-electron chi connectivity index (χ2n) is 3.67. The molecule has 0 saturated carbocycles. The van der Waals surface area contributed by atoms with Crippen LogP contribution in [-0.2, 0) is 0 Å². The van der Waals surface area contributed by atoms with E-state index in [-0.39, 0.29) is 0 Å². The minimum absolute atomic E-state index is 0.346. The van der Waals surface area contributed by atoms with Crippen molar-refractivity contribution in [1.29, 1.82) is 0 Å². The van der Waals surface area contributed by atoms with E-state index in [1.807, 2.05) is 19.2 Å². The van der Waals surface area contributed by atoms with Crippen LogP contribution in [0.15, 0.2) is 16.3 Å². The third kappa shape index (κ3) is 3.50. The molecule has 1 aromatic rings. The van der Waals surface area contributed by atoms with Gasteiger partial charge in [0.25, 0.3) is 0 Å². The van der Waals surface area contributed by atoms with Gasteiger partial charge in [-0.2, -0.15) is 0 Å². The molecule has 90 valence electrons. The van der Waals surface area contributed by atoms with E-state index in [9.17, 15) is 9.90 Å². The molecular weight excluding hydrogens is 244 g/mol. The van der Waals surface area contributed by atoms with Gasteiger partial charge in [-0.3, -0.25) is 0 Å². The molecule has 1 rings (SSSR count). The molecule has 1 heterocycles. The molecule has 0 spiro atoms. The highest BCUT2D eigenvalue weighted by Gasteiger charge is 2.22. The van der Waals surface area contributed by atoms with Gasteiger partial charge in [0.15, 0.2) is 0 Å². The van der Waals surface area contributed by atoms with Gasteiger partial charge in [-0.05, 0) is 18.9 Å². The quantitative estimate of drug-likeness (QED) is 0.772. The highest BCUT2D eigenvalue weighted by molar-refractivity contribution is 7.99. The number of thioether (sulfide) groups is 1. The second kappa shape index (κ2) is 5.70. The van der Waals surface area contributed by atoms with Crippen molar-refractivity contribution in [1.82, 2.24) is 0 Å². The molecule has 0 bridgehead atoms. The normalized spacial score (nSPS) is 11.7. The van der Waals surface area contributed by atoms with Crippen LogP contribution >= 0.6 is 23.1 Å². The van der Waals surface area contributed by atoms with Crippen LogP contribution in [0.3, 0.4) is 0 Å². The minimum atomic E-state index is -0.891. The first-order chi connectivity index (χ1) is 7.50. The van der Waals surface area contributed by atoms with Crippen LogP contribution in [0.4, 0.5) is 0 Å². The smallest absolute Gasteiger partial charge is 0.345 e. The Labute approximate surface area is 103 Å². The molecule has 0 aliphatic heterocycles. The Hall–Kier alpha value is -0.520. The van der Waals surface area contributed by atoms with Crippen molar-refractivity contribution in [2.75, 3.05) is 5.75 Å². The molecule has 5 heteroatoms. The number of aliphatic hydroxyl groups is 1. The van der Waals surface area contributed by atoms with Crippen LogP contribution in [0.2, 0.25) is 0 Å². The van der Waals surface area contributed by atoms with Crippen LogP contribution in [0, 0.1) is 0 Å². The number of carbonyl (C=O) groups is 1. The fraction of sp³-hybridized carbons (Fsp3) is 0.545. The van der Waals surface area contributed by atoms with Crippen LogP contribution < -0.4 is 0 Å². The molecule has 1 aromatic heterocycles. The summed E-state index contributed by atoms with van der Waals surface area (Å²) in [5.74, 6) is -0.284. The molecule has 0 amide bonds. The molecule has 0 aromatic carbocycles. The largest absolute Gasteiger partial charge is 0.477 e. The summed E-state index contributed by atoms with van der Waals surface area (Å²) in [6.45, 7) is 3.92. The van der Waals surface area contributed by atoms with Crippen molar-refractivity contribution in [2.45, 2.75) is 37.2 Å². The van der Waals surface area contributed by atoms with Crippen LogP contribution in [0.1, 0.15) is 36.4 Å². The monoisotopic (exact) mass is 260 g/mol. The van der Waals surface area contributed by atoms with Crippen LogP contribution in [-0.4, -0.2) is 27.5 Å². The molecular formula is C11H16O3S2. The van der Waals surface area contributed by atoms with E-state index in [0.29, 0.717) is 23.5 Å². The first-order valence-corrected chi connectivity index (χ1v) is 7.04. The Kier molecular flexibility index (Phi) is 4.83. The predicted molar refractivity (Wildman–Crippen MR) is 67.5 cm³/mol. The predicted octanol–water partition coefficient (Wildman–Crippen LogP) is 3.09. The summed E-state index contributed by atoms with van der Waals surface area (Å²) in [5, 5.41) is 20.7. The third-order valence-corrected chi connectivity index (χ3v) is 4.93. The molecule has 0 unspecified atom stereocenters. The lowest BCUT2D eigenvalue weighted by atomic mass is 10.0. The Morgan fingerprint density at radius 2 is 2.12 bits per heavy atom. The summed E-state index contributed by atoms with van der Waals surface area (Å²) in [5.41, 5.74) is -0.643. The number of hydrogen-bond acceptors (Lipinski definition) is 4. The number of rotatable bonds is 6. The van der Waals surface area contributed by atoms with E-state index < -0.39 is 11.6 Å². The summed E-state index contributed by atoms with van der Waals surface area (Å²) < 4.78 is 0. The van der Waals surface area contributed by atoms with E-state index >= 15 is 0 Å². The van der Waals surface area contributed by atoms with Crippen molar-refractivity contribution >= 4 is 29.1 Å². The molecule has 16 heavy (non-hydrogen) atoms. The lowest BCUT2D eigenvalue weighted by molar-refractivity contribution is 0.0571. The fourth-order valence-corrected chi connectivity index (χ4v) is 3.32. The number of thiophene rings is 1. The number of carboxylic acids is 1. The van der Waals surface area contributed by atoms with E-state index in [1.54, 1.807) is 6.07 Å². The SMILES string of the molecule is CCC(O)(CC)CSc1csc(C(=O)O)c1. The maximum absolute atomic E-state index is 10.7. The molecule has 2 N–H and O–H groups in total. The van der Waals surface area contributed by atoms with Crippen molar-refractivity contribution in [3.63, 3.8) is 0 Å². The summed E-state index contributed by atoms with van der Waals surface area (Å²) >= 11 is 2.73. The molecule has 0 aliphatic rings. The molecule has 0 aliphatic carbocycles. The van der Waals surface area contributed by atoms with E-state index in [0.717, 1.165) is 4.90 Å². The van der Waals surface area contributed by atoms with Gasteiger partial charge in [-0.25, -0.2) is 4.79 Å². The zero-order valence-corrected chi connectivity index (χ0v) is 11.0. The molecule has 0 radical (unpaired) electrons. The first kappa shape index (κ1) is 13.5. The van der Waals surface area contributed by atoms with Crippen molar-refractivity contribution < 1.29 is 15.0 Å². The van der Waals surface area contributed by atoms with E-state index in [4.69, 9.17) is 5.11 Å². The molecule has 0 atom stereocenters. The second-order valence-corrected chi connectivity index (χ2v) is 5.63. The average molecular weight is 260 g/mol. The van der Waals surface area contributed by atoms with Gasteiger partial charge in [0.2, 0.25) is 0 Å². The summed E-state index contributed by atoms with van der Waals surface area (Å²) in [6.07, 6.45) is 1.43. The van der Waals surface area contributed by atoms with Gasteiger partial charge in [0.1, 0.15) is 4.88 Å². The lowest BCUT2D eigenvalue weighted by Crippen LogP contribution is -2.29. The molecule has 0 saturated heterocycles. The number of carboxylic acid groups (broad SMARTS) is 1. The van der Waals surface area contributed by atoms with Crippen LogP contribution in [0.25, 0.3) is 0 Å². The Morgan fingerprint density at radius 1 is 1.50 bits per heavy atom. The zero-order valence-electron chi connectivity index (χ0n) is 9.40. The highest BCUT2D eigenvalue weighted by atomic mass is 32.2. The number of aromatic carboxylic acids is 1. The number of hydrogen-bond donors (Lipinski definition) is 2. The van der Waals surface area contributed by atoms with E-state index in [1.165, 1.54) is 23.1 Å². The maximum Gasteiger partial charge on any atom is 0.345 e. The Morgan fingerprint density at radius 3 is 2.56 bits per heavy atom. The molecule has 3 nitrogen and oxygen atoms in total. The van der Waals surface area contributed by atoms with Crippen molar-refractivity contribution in [3.8, 4) is 0 Å². The molecule has 0 fully saturated rings. The summed E-state index contributed by atoms with van der Waals surface area (Å²) in [7, 11) is 0. The van der Waals surface area contributed by atoms with Crippen molar-refractivity contribution in [3.05, 3.63) is 16.3 Å². The summed E-state index contributed by atoms with van der Waals surface area (Å²) in [6, 6.07) is 1.66. The lowest BCUT2D eigenvalue weighted by Gasteiger charge is -2.24. The van der Waals surface area contributed by atoms with Crippen LogP contribution in [0.5, 0.6) is 0 Å². The van der Waals surface area contributed by atoms with Gasteiger partial charge in [0.05, 0.1) is 5.60 Å². The van der Waals surface area contributed by atoms with E-state index in [2.05, 4.69) is 0 Å². The minimum Gasteiger partial charge on any atom is -0.477 e. The van der Waals surface area contributed by atoms with Gasteiger partial charge >= 0.3 is 5.97 Å². The highest BCUT2D eigenvalue weighted by Crippen LogP contribution is 2.29. The Bertz CT molecular complexity index is 356. The topological polar surface area (TPSA) is 57.5 Å².